The van der Waals surface area contributed by atoms with Gasteiger partial charge in [0.15, 0.2) is 5.78 Å². The Bertz CT molecular complexity index is 750. The third-order valence-corrected chi connectivity index (χ3v) is 4.04. The van der Waals surface area contributed by atoms with Crippen molar-refractivity contribution < 1.29 is 9.59 Å². The standard InChI is InChI=1S/C16H22ClN5O2/c1-10(22-12(3)16(13(4)23)11(2)20-22)7-15(24)18-5-6-21-9-14(17)8-19-21/h8-10H,5-7H2,1-4H3,(H,18,24). The maximum atomic E-state index is 12.1. The first-order valence-corrected chi connectivity index (χ1v) is 8.18. The zero-order valence-electron chi connectivity index (χ0n) is 14.3. The molecule has 0 aliphatic carbocycles. The Morgan fingerprint density at radius 2 is 2.08 bits per heavy atom. The number of ketones is 1. The number of aryl methyl sites for hydroxylation is 1. The van der Waals surface area contributed by atoms with Gasteiger partial charge in [-0.15, -0.1) is 0 Å². The smallest absolute Gasteiger partial charge is 0.222 e. The Kier molecular flexibility index (Phi) is 5.77. The third kappa shape index (κ3) is 4.23. The highest BCUT2D eigenvalue weighted by atomic mass is 35.5. The van der Waals surface area contributed by atoms with Crippen LogP contribution in [0.2, 0.25) is 5.02 Å². The van der Waals surface area contributed by atoms with E-state index in [1.54, 1.807) is 21.8 Å². The normalized spacial score (nSPS) is 12.2. The van der Waals surface area contributed by atoms with Crippen molar-refractivity contribution in [3.63, 3.8) is 0 Å². The summed E-state index contributed by atoms with van der Waals surface area (Å²) in [6.07, 6.45) is 3.55. The minimum absolute atomic E-state index is 0.00853. The second-order valence-corrected chi connectivity index (χ2v) is 6.31. The fourth-order valence-electron chi connectivity index (χ4n) is 2.80. The number of nitrogens with zero attached hydrogens (tertiary/aromatic N) is 4. The lowest BCUT2D eigenvalue weighted by atomic mass is 10.1. The molecule has 1 amide bonds. The van der Waals surface area contributed by atoms with E-state index in [0.717, 1.165) is 5.69 Å². The lowest BCUT2D eigenvalue weighted by Gasteiger charge is -2.14. The summed E-state index contributed by atoms with van der Waals surface area (Å²) < 4.78 is 3.42. The molecule has 8 heteroatoms. The number of amides is 1. The zero-order chi connectivity index (χ0) is 17.9. The number of hydrogen-bond acceptors (Lipinski definition) is 4. The Hall–Kier alpha value is -2.15. The van der Waals surface area contributed by atoms with Gasteiger partial charge in [-0.25, -0.2) is 0 Å². The summed E-state index contributed by atoms with van der Waals surface area (Å²) in [5.74, 6) is -0.0801. The number of rotatable bonds is 7. The average Bonchev–Trinajstić information content (AvgIpc) is 3.02. The van der Waals surface area contributed by atoms with Crippen LogP contribution in [0.4, 0.5) is 0 Å². The summed E-state index contributed by atoms with van der Waals surface area (Å²) in [5, 5.41) is 11.9. The minimum Gasteiger partial charge on any atom is -0.354 e. The van der Waals surface area contributed by atoms with Crippen LogP contribution in [-0.2, 0) is 11.3 Å². The Morgan fingerprint density at radius 3 is 2.62 bits per heavy atom. The summed E-state index contributed by atoms with van der Waals surface area (Å²) in [6.45, 7) is 8.13. The molecule has 0 aromatic carbocycles. The fraction of sp³-hybridized carbons (Fsp3) is 0.500. The van der Waals surface area contributed by atoms with E-state index in [1.807, 2.05) is 20.8 Å². The third-order valence-electron chi connectivity index (χ3n) is 3.84. The molecule has 2 aromatic rings. The summed E-state index contributed by atoms with van der Waals surface area (Å²) >= 11 is 5.79. The molecule has 130 valence electrons. The van der Waals surface area contributed by atoms with Gasteiger partial charge in [-0.05, 0) is 27.7 Å². The van der Waals surface area contributed by atoms with E-state index < -0.39 is 0 Å². The van der Waals surface area contributed by atoms with E-state index in [9.17, 15) is 9.59 Å². The molecule has 1 unspecified atom stereocenters. The molecule has 0 saturated carbocycles. The lowest BCUT2D eigenvalue weighted by Crippen LogP contribution is -2.29. The first-order chi connectivity index (χ1) is 11.3. The maximum absolute atomic E-state index is 12.1. The number of hydrogen-bond donors (Lipinski definition) is 1. The van der Waals surface area contributed by atoms with Crippen molar-refractivity contribution in [1.82, 2.24) is 24.9 Å². The van der Waals surface area contributed by atoms with E-state index in [-0.39, 0.29) is 17.7 Å². The van der Waals surface area contributed by atoms with E-state index in [2.05, 4.69) is 15.5 Å². The molecule has 2 rings (SSSR count). The van der Waals surface area contributed by atoms with Crippen LogP contribution < -0.4 is 5.32 Å². The molecule has 1 atom stereocenters. The Labute approximate surface area is 146 Å². The molecule has 2 heterocycles. The van der Waals surface area contributed by atoms with Gasteiger partial charge in [-0.3, -0.25) is 19.0 Å². The van der Waals surface area contributed by atoms with Gasteiger partial charge in [-0.2, -0.15) is 10.2 Å². The molecular formula is C16H22ClN5O2. The lowest BCUT2D eigenvalue weighted by molar-refractivity contribution is -0.121. The first kappa shape index (κ1) is 18.2. The van der Waals surface area contributed by atoms with Gasteiger partial charge in [0.25, 0.3) is 0 Å². The second kappa shape index (κ2) is 7.61. The summed E-state index contributed by atoms with van der Waals surface area (Å²) in [7, 11) is 0. The summed E-state index contributed by atoms with van der Waals surface area (Å²) in [4.78, 5) is 23.8. The van der Waals surface area contributed by atoms with Gasteiger partial charge in [0.2, 0.25) is 5.91 Å². The van der Waals surface area contributed by atoms with E-state index in [1.165, 1.54) is 6.92 Å². The maximum Gasteiger partial charge on any atom is 0.222 e. The van der Waals surface area contributed by atoms with Gasteiger partial charge in [-0.1, -0.05) is 11.6 Å². The van der Waals surface area contributed by atoms with Crippen molar-refractivity contribution in [2.45, 2.75) is 46.7 Å². The number of halogens is 1. The molecule has 7 nitrogen and oxygen atoms in total. The van der Waals surface area contributed by atoms with Crippen LogP contribution in [-0.4, -0.2) is 37.8 Å². The quantitative estimate of drug-likeness (QED) is 0.776. The topological polar surface area (TPSA) is 81.8 Å². The molecule has 1 N–H and O–H groups in total. The van der Waals surface area contributed by atoms with Crippen LogP contribution in [0, 0.1) is 13.8 Å². The number of nitrogens with one attached hydrogen (secondary N) is 1. The van der Waals surface area contributed by atoms with Crippen LogP contribution in [0.25, 0.3) is 0 Å². The summed E-state index contributed by atoms with van der Waals surface area (Å²) in [5.41, 5.74) is 2.13. The predicted molar refractivity (Wildman–Crippen MR) is 91.3 cm³/mol. The van der Waals surface area contributed by atoms with Gasteiger partial charge < -0.3 is 5.32 Å². The highest BCUT2D eigenvalue weighted by Gasteiger charge is 2.20. The number of Topliss-reactive ketones (excluding diaryl/α,β-unsaturated/α-hetero) is 1. The van der Waals surface area contributed by atoms with Gasteiger partial charge in [0.05, 0.1) is 35.1 Å². The zero-order valence-corrected chi connectivity index (χ0v) is 15.1. The molecule has 0 radical (unpaired) electrons. The number of carbonyl (C=O) groups is 2. The first-order valence-electron chi connectivity index (χ1n) is 7.81. The molecule has 0 fully saturated rings. The predicted octanol–water partition coefficient (Wildman–Crippen LogP) is 2.32. The SMILES string of the molecule is CC(=O)c1c(C)nn(C(C)CC(=O)NCCn2cc(Cl)cn2)c1C. The van der Waals surface area contributed by atoms with Crippen molar-refractivity contribution in [3.8, 4) is 0 Å². The van der Waals surface area contributed by atoms with Crippen molar-refractivity contribution in [2.24, 2.45) is 0 Å². The molecule has 24 heavy (non-hydrogen) atoms. The minimum atomic E-state index is -0.129. The molecule has 0 aliphatic heterocycles. The van der Waals surface area contributed by atoms with E-state index >= 15 is 0 Å². The second-order valence-electron chi connectivity index (χ2n) is 5.87. The number of carbonyl (C=O) groups excluding carboxylic acids is 2. The molecule has 0 aliphatic rings. The largest absolute Gasteiger partial charge is 0.354 e. The van der Waals surface area contributed by atoms with Crippen molar-refractivity contribution in [3.05, 3.63) is 34.4 Å². The van der Waals surface area contributed by atoms with Crippen LogP contribution in [0.3, 0.4) is 0 Å². The van der Waals surface area contributed by atoms with Crippen LogP contribution in [0.1, 0.15) is 48.1 Å². The van der Waals surface area contributed by atoms with Gasteiger partial charge >= 0.3 is 0 Å². The number of aromatic nitrogens is 4. The van der Waals surface area contributed by atoms with Gasteiger partial charge in [0, 0.05) is 24.9 Å². The average molecular weight is 352 g/mol. The van der Waals surface area contributed by atoms with Crippen LogP contribution in [0.5, 0.6) is 0 Å². The molecule has 0 spiro atoms. The van der Waals surface area contributed by atoms with Crippen LogP contribution in [0.15, 0.2) is 12.4 Å². The molecule has 0 saturated heterocycles. The molecule has 2 aromatic heterocycles. The van der Waals surface area contributed by atoms with E-state index in [0.29, 0.717) is 35.8 Å². The Balaban J connectivity index is 1.89. The highest BCUT2D eigenvalue weighted by Crippen LogP contribution is 2.19. The molecule has 0 bridgehead atoms. The van der Waals surface area contributed by atoms with Gasteiger partial charge in [0.1, 0.15) is 0 Å². The Morgan fingerprint density at radius 1 is 1.38 bits per heavy atom. The fourth-order valence-corrected chi connectivity index (χ4v) is 2.96. The highest BCUT2D eigenvalue weighted by molar-refractivity contribution is 6.30. The van der Waals surface area contributed by atoms with Crippen molar-refractivity contribution >= 4 is 23.3 Å². The van der Waals surface area contributed by atoms with E-state index in [4.69, 9.17) is 11.6 Å². The monoisotopic (exact) mass is 351 g/mol. The van der Waals surface area contributed by atoms with Crippen LogP contribution >= 0.6 is 11.6 Å². The summed E-state index contributed by atoms with van der Waals surface area (Å²) in [6, 6.07) is -0.129. The van der Waals surface area contributed by atoms with Crippen molar-refractivity contribution in [1.29, 1.82) is 0 Å². The van der Waals surface area contributed by atoms with Crippen molar-refractivity contribution in [2.75, 3.05) is 6.54 Å². The molecular weight excluding hydrogens is 330 g/mol.